The Morgan fingerprint density at radius 3 is 2.53 bits per heavy atom. The predicted octanol–water partition coefficient (Wildman–Crippen LogP) is 0.325. The molecule has 1 saturated carbocycles. The van der Waals surface area contributed by atoms with E-state index in [1.807, 2.05) is 0 Å². The summed E-state index contributed by atoms with van der Waals surface area (Å²) in [7, 11) is -3.41. The maximum absolute atomic E-state index is 11.8. The van der Waals surface area contributed by atoms with Gasteiger partial charge in [-0.25, -0.2) is 12.7 Å². The maximum atomic E-state index is 11.8. The molecule has 1 N–H and O–H groups in total. The van der Waals surface area contributed by atoms with Crippen LogP contribution in [0.4, 0.5) is 0 Å². The van der Waals surface area contributed by atoms with Crippen molar-refractivity contribution in [2.75, 3.05) is 13.1 Å². The second kappa shape index (κ2) is 3.95. The van der Waals surface area contributed by atoms with Crippen LogP contribution >= 0.6 is 0 Å². The summed E-state index contributed by atoms with van der Waals surface area (Å²) in [6, 6.07) is 0.419. The van der Waals surface area contributed by atoms with Crippen molar-refractivity contribution < 1.29 is 13.2 Å². The molecule has 0 spiro atoms. The lowest BCUT2D eigenvalue weighted by Crippen LogP contribution is -2.68. The summed E-state index contributed by atoms with van der Waals surface area (Å²) in [4.78, 5) is 11.6. The number of hydrogen-bond donors (Lipinski definition) is 1. The van der Waals surface area contributed by atoms with Crippen LogP contribution in [0.25, 0.3) is 0 Å². The zero-order valence-corrected chi connectivity index (χ0v) is 11.4. The largest absolute Gasteiger partial charge is 0.312 e. The molecule has 1 amide bonds. The van der Waals surface area contributed by atoms with E-state index in [1.54, 1.807) is 0 Å². The lowest BCUT2D eigenvalue weighted by atomic mass is 10.2. The quantitative estimate of drug-likeness (QED) is 0.773. The Kier molecular flexibility index (Phi) is 2.98. The summed E-state index contributed by atoms with van der Waals surface area (Å²) >= 11 is 0. The Hall–Kier alpha value is -0.620. The minimum atomic E-state index is -3.41. The third kappa shape index (κ3) is 1.97. The van der Waals surface area contributed by atoms with Gasteiger partial charge in [0.25, 0.3) is 15.9 Å². The van der Waals surface area contributed by atoms with Crippen LogP contribution in [0.15, 0.2) is 0 Å². The summed E-state index contributed by atoms with van der Waals surface area (Å²) in [6.45, 7) is 5.82. The highest BCUT2D eigenvalue weighted by atomic mass is 32.2. The summed E-state index contributed by atoms with van der Waals surface area (Å²) in [5, 5.41) is 3.27. The standard InChI is InChI=1S/C11H20N2O3S/c1-8(9-4-5-9)12-6-7-13-10(14)11(2,3)17(13,15)16/h8-9,12H,4-7H2,1-3H3. The van der Waals surface area contributed by atoms with Crippen LogP contribution in [-0.2, 0) is 14.8 Å². The van der Waals surface area contributed by atoms with Crippen LogP contribution in [0.1, 0.15) is 33.6 Å². The molecule has 0 aromatic heterocycles. The van der Waals surface area contributed by atoms with Gasteiger partial charge in [0.2, 0.25) is 0 Å². The van der Waals surface area contributed by atoms with Crippen molar-refractivity contribution in [1.82, 2.24) is 9.62 Å². The molecule has 2 rings (SSSR count). The Morgan fingerprint density at radius 1 is 1.47 bits per heavy atom. The highest BCUT2D eigenvalue weighted by Crippen LogP contribution is 2.34. The van der Waals surface area contributed by atoms with E-state index in [0.29, 0.717) is 12.6 Å². The van der Waals surface area contributed by atoms with Crippen LogP contribution in [0.2, 0.25) is 0 Å². The monoisotopic (exact) mass is 260 g/mol. The van der Waals surface area contributed by atoms with Gasteiger partial charge in [-0.05, 0) is 39.5 Å². The third-order valence-corrected chi connectivity index (χ3v) is 6.18. The van der Waals surface area contributed by atoms with Gasteiger partial charge in [0.15, 0.2) is 4.75 Å². The molecule has 0 bridgehead atoms. The molecule has 2 fully saturated rings. The minimum absolute atomic E-state index is 0.252. The fourth-order valence-corrected chi connectivity index (χ4v) is 3.66. The van der Waals surface area contributed by atoms with E-state index in [2.05, 4.69) is 12.2 Å². The molecule has 0 radical (unpaired) electrons. The topological polar surface area (TPSA) is 66.5 Å². The molecule has 6 heteroatoms. The predicted molar refractivity (Wildman–Crippen MR) is 64.9 cm³/mol. The number of nitrogens with zero attached hydrogens (tertiary/aromatic N) is 1. The molecule has 1 saturated heterocycles. The van der Waals surface area contributed by atoms with E-state index in [-0.39, 0.29) is 12.5 Å². The second-order valence-electron chi connectivity index (χ2n) is 5.47. The van der Waals surface area contributed by atoms with Gasteiger partial charge < -0.3 is 5.32 Å². The Bertz CT molecular complexity index is 426. The van der Waals surface area contributed by atoms with Crippen molar-refractivity contribution in [1.29, 1.82) is 0 Å². The molecule has 98 valence electrons. The van der Waals surface area contributed by atoms with E-state index in [4.69, 9.17) is 0 Å². The summed E-state index contributed by atoms with van der Waals surface area (Å²) in [5.41, 5.74) is 0. The lowest BCUT2D eigenvalue weighted by molar-refractivity contribution is -0.132. The van der Waals surface area contributed by atoms with Gasteiger partial charge in [-0.1, -0.05) is 0 Å². The molecule has 5 nitrogen and oxygen atoms in total. The number of sulfonamides is 1. The number of hydrogen-bond acceptors (Lipinski definition) is 4. The number of rotatable bonds is 5. The van der Waals surface area contributed by atoms with E-state index in [9.17, 15) is 13.2 Å². The number of carbonyl (C=O) groups is 1. The van der Waals surface area contributed by atoms with Gasteiger partial charge in [-0.2, -0.15) is 0 Å². The van der Waals surface area contributed by atoms with E-state index < -0.39 is 14.8 Å². The zero-order chi connectivity index (χ0) is 12.8. The van der Waals surface area contributed by atoms with Crippen molar-refractivity contribution in [3.05, 3.63) is 0 Å². The molecule has 1 aliphatic carbocycles. The van der Waals surface area contributed by atoms with Crippen molar-refractivity contribution in [2.45, 2.75) is 44.4 Å². The molecular formula is C11H20N2O3S. The molecule has 2 aliphatic rings. The number of amides is 1. The van der Waals surface area contributed by atoms with E-state index in [1.165, 1.54) is 26.7 Å². The van der Waals surface area contributed by atoms with Crippen molar-refractivity contribution >= 4 is 15.9 Å². The van der Waals surface area contributed by atoms with Crippen LogP contribution < -0.4 is 5.32 Å². The number of nitrogens with one attached hydrogen (secondary N) is 1. The zero-order valence-electron chi connectivity index (χ0n) is 10.6. The normalized spacial score (nSPS) is 27.7. The van der Waals surface area contributed by atoms with E-state index >= 15 is 0 Å². The Balaban J connectivity index is 1.82. The Morgan fingerprint density at radius 2 is 2.06 bits per heavy atom. The molecule has 1 aliphatic heterocycles. The van der Waals surface area contributed by atoms with Crippen LogP contribution in [0, 0.1) is 5.92 Å². The minimum Gasteiger partial charge on any atom is -0.312 e. The second-order valence-corrected chi connectivity index (χ2v) is 7.88. The fraction of sp³-hybridized carbons (Fsp3) is 0.909. The van der Waals surface area contributed by atoms with Gasteiger partial charge in [0.05, 0.1) is 0 Å². The van der Waals surface area contributed by atoms with Gasteiger partial charge >= 0.3 is 0 Å². The molecular weight excluding hydrogens is 240 g/mol. The number of carbonyl (C=O) groups excluding carboxylic acids is 1. The van der Waals surface area contributed by atoms with Gasteiger partial charge in [-0.3, -0.25) is 4.79 Å². The summed E-state index contributed by atoms with van der Waals surface area (Å²) < 4.78 is 23.3. The van der Waals surface area contributed by atoms with Crippen molar-refractivity contribution in [3.63, 3.8) is 0 Å². The van der Waals surface area contributed by atoms with Gasteiger partial charge in [0.1, 0.15) is 0 Å². The van der Waals surface area contributed by atoms with E-state index in [0.717, 1.165) is 10.2 Å². The Labute approximate surface area is 103 Å². The molecule has 1 unspecified atom stereocenters. The van der Waals surface area contributed by atoms with Gasteiger partial charge in [0, 0.05) is 19.1 Å². The first-order chi connectivity index (χ1) is 7.78. The molecule has 1 heterocycles. The summed E-state index contributed by atoms with van der Waals surface area (Å²) in [6.07, 6.45) is 2.50. The summed E-state index contributed by atoms with van der Waals surface area (Å²) in [5.74, 6) is 0.438. The van der Waals surface area contributed by atoms with Crippen LogP contribution in [-0.4, -0.2) is 42.5 Å². The first kappa shape index (κ1) is 12.8. The average molecular weight is 260 g/mol. The fourth-order valence-electron chi connectivity index (χ4n) is 2.13. The van der Waals surface area contributed by atoms with Crippen LogP contribution in [0.3, 0.4) is 0 Å². The first-order valence-electron chi connectivity index (χ1n) is 6.08. The maximum Gasteiger partial charge on any atom is 0.258 e. The van der Waals surface area contributed by atoms with Crippen molar-refractivity contribution in [3.8, 4) is 0 Å². The molecule has 17 heavy (non-hydrogen) atoms. The smallest absolute Gasteiger partial charge is 0.258 e. The van der Waals surface area contributed by atoms with Gasteiger partial charge in [-0.15, -0.1) is 0 Å². The molecule has 0 aromatic carbocycles. The molecule has 1 atom stereocenters. The lowest BCUT2D eigenvalue weighted by Gasteiger charge is -2.43. The SMILES string of the molecule is CC(NCCN1C(=O)C(C)(C)S1(=O)=O)C1CC1. The third-order valence-electron chi connectivity index (χ3n) is 3.79. The average Bonchev–Trinajstić information content (AvgIpc) is 3.06. The van der Waals surface area contributed by atoms with Crippen molar-refractivity contribution in [2.24, 2.45) is 5.92 Å². The molecule has 0 aromatic rings. The highest BCUT2D eigenvalue weighted by molar-refractivity contribution is 7.94. The first-order valence-corrected chi connectivity index (χ1v) is 7.52. The van der Waals surface area contributed by atoms with Crippen LogP contribution in [0.5, 0.6) is 0 Å². The highest BCUT2D eigenvalue weighted by Gasteiger charge is 2.59.